The van der Waals surface area contributed by atoms with Crippen molar-refractivity contribution in [2.45, 2.75) is 45.6 Å². The lowest BCUT2D eigenvalue weighted by molar-refractivity contribution is 0.525. The minimum atomic E-state index is 0.705. The lowest BCUT2D eigenvalue weighted by Gasteiger charge is -2.07. The molecule has 0 spiro atoms. The molecule has 0 aromatic heterocycles. The van der Waals surface area contributed by atoms with Gasteiger partial charge in [-0.15, -0.1) is 0 Å². The lowest BCUT2D eigenvalue weighted by atomic mass is 10.1. The van der Waals surface area contributed by atoms with Crippen molar-refractivity contribution in [2.75, 3.05) is 7.05 Å². The van der Waals surface area contributed by atoms with E-state index >= 15 is 0 Å². The van der Waals surface area contributed by atoms with Gasteiger partial charge in [-0.05, 0) is 20.4 Å². The molecule has 0 heterocycles. The molecule has 0 saturated heterocycles. The summed E-state index contributed by atoms with van der Waals surface area (Å²) in [6.07, 6.45) is 5.41. The zero-order valence-electron chi connectivity index (χ0n) is 6.91. The van der Waals surface area contributed by atoms with Gasteiger partial charge in [0.05, 0.1) is 0 Å². The van der Waals surface area contributed by atoms with Crippen LogP contribution < -0.4 is 5.32 Å². The zero-order chi connectivity index (χ0) is 7.11. The second-order valence-corrected chi connectivity index (χ2v) is 2.69. The predicted octanol–water partition coefficient (Wildman–Crippen LogP) is 2.17. The summed E-state index contributed by atoms with van der Waals surface area (Å²) in [5, 5.41) is 3.22. The Morgan fingerprint density at radius 1 is 1.33 bits per heavy atom. The van der Waals surface area contributed by atoms with Crippen LogP contribution in [0.1, 0.15) is 39.5 Å². The van der Waals surface area contributed by atoms with Gasteiger partial charge in [-0.25, -0.2) is 0 Å². The highest BCUT2D eigenvalue weighted by Gasteiger charge is 1.94. The monoisotopic (exact) mass is 129 g/mol. The van der Waals surface area contributed by atoms with Crippen LogP contribution >= 0.6 is 0 Å². The van der Waals surface area contributed by atoms with Crippen LogP contribution in [0.2, 0.25) is 0 Å². The van der Waals surface area contributed by atoms with Gasteiger partial charge in [0, 0.05) is 6.04 Å². The van der Waals surface area contributed by atoms with Crippen molar-refractivity contribution in [1.29, 1.82) is 0 Å². The Bertz CT molecular complexity index is 52.5. The number of nitrogens with one attached hydrogen (secondary N) is 1. The van der Waals surface area contributed by atoms with Gasteiger partial charge >= 0.3 is 0 Å². The molecule has 0 saturated carbocycles. The van der Waals surface area contributed by atoms with Crippen molar-refractivity contribution in [1.82, 2.24) is 5.32 Å². The predicted molar refractivity (Wildman–Crippen MR) is 42.7 cm³/mol. The molecule has 0 aliphatic carbocycles. The summed E-state index contributed by atoms with van der Waals surface area (Å²) in [4.78, 5) is 0. The van der Waals surface area contributed by atoms with Gasteiger partial charge in [0.1, 0.15) is 0 Å². The number of hydrogen-bond acceptors (Lipinski definition) is 1. The molecule has 0 aliphatic heterocycles. The highest BCUT2D eigenvalue weighted by atomic mass is 14.8. The van der Waals surface area contributed by atoms with E-state index in [2.05, 4.69) is 19.2 Å². The third-order valence-electron chi connectivity index (χ3n) is 1.73. The normalized spacial score (nSPS) is 13.7. The second-order valence-electron chi connectivity index (χ2n) is 2.69. The molecule has 0 aromatic rings. The Hall–Kier alpha value is -0.0400. The topological polar surface area (TPSA) is 12.0 Å². The fourth-order valence-corrected chi connectivity index (χ4v) is 0.845. The van der Waals surface area contributed by atoms with Crippen LogP contribution in [-0.2, 0) is 0 Å². The summed E-state index contributed by atoms with van der Waals surface area (Å²) in [7, 11) is 2.02. The minimum Gasteiger partial charge on any atom is -0.317 e. The molecule has 0 rings (SSSR count). The van der Waals surface area contributed by atoms with E-state index in [1.165, 1.54) is 25.7 Å². The fourth-order valence-electron chi connectivity index (χ4n) is 0.845. The first-order valence-corrected chi connectivity index (χ1v) is 3.98. The van der Waals surface area contributed by atoms with E-state index in [1.54, 1.807) is 0 Å². The van der Waals surface area contributed by atoms with Gasteiger partial charge in [0.15, 0.2) is 0 Å². The first-order valence-electron chi connectivity index (χ1n) is 3.98. The van der Waals surface area contributed by atoms with E-state index in [0.717, 1.165) is 0 Å². The smallest absolute Gasteiger partial charge is 0.00357 e. The van der Waals surface area contributed by atoms with Crippen molar-refractivity contribution >= 4 is 0 Å². The van der Waals surface area contributed by atoms with Gasteiger partial charge in [0.2, 0.25) is 0 Å². The van der Waals surface area contributed by atoms with Crippen LogP contribution in [-0.4, -0.2) is 13.1 Å². The van der Waals surface area contributed by atoms with E-state index in [0.29, 0.717) is 6.04 Å². The second kappa shape index (κ2) is 6.09. The highest BCUT2D eigenvalue weighted by molar-refractivity contribution is 4.55. The standard InChI is InChI=1S/C8H19N/c1-4-5-6-7-8(2)9-3/h8-9H,4-7H2,1-3H3. The van der Waals surface area contributed by atoms with Crippen LogP contribution in [0.4, 0.5) is 0 Å². The first kappa shape index (κ1) is 8.96. The first-order chi connectivity index (χ1) is 4.31. The molecule has 0 bridgehead atoms. The fraction of sp³-hybridized carbons (Fsp3) is 1.00. The van der Waals surface area contributed by atoms with Crippen LogP contribution in [0.3, 0.4) is 0 Å². The molecule has 56 valence electrons. The number of unbranched alkanes of at least 4 members (excludes halogenated alkanes) is 2. The molecule has 1 nitrogen and oxygen atoms in total. The highest BCUT2D eigenvalue weighted by Crippen LogP contribution is 2.01. The van der Waals surface area contributed by atoms with Gasteiger partial charge in [-0.3, -0.25) is 0 Å². The Balaban J connectivity index is 2.88. The lowest BCUT2D eigenvalue weighted by Crippen LogP contribution is -2.20. The molecule has 1 unspecified atom stereocenters. The third-order valence-corrected chi connectivity index (χ3v) is 1.73. The molecule has 0 amide bonds. The molecule has 1 atom stereocenters. The minimum absolute atomic E-state index is 0.705. The van der Waals surface area contributed by atoms with Gasteiger partial charge < -0.3 is 5.32 Å². The molecule has 0 aromatic carbocycles. The number of hydrogen-bond donors (Lipinski definition) is 1. The van der Waals surface area contributed by atoms with Gasteiger partial charge in [-0.2, -0.15) is 0 Å². The zero-order valence-corrected chi connectivity index (χ0v) is 6.91. The largest absolute Gasteiger partial charge is 0.317 e. The molecule has 1 N–H and O–H groups in total. The van der Waals surface area contributed by atoms with Crippen LogP contribution in [0.25, 0.3) is 0 Å². The summed E-state index contributed by atoms with van der Waals surface area (Å²) in [5.74, 6) is 0. The SMILES string of the molecule is CCCCCC(C)NC. The maximum atomic E-state index is 3.22. The molecule has 0 fully saturated rings. The van der Waals surface area contributed by atoms with E-state index in [-0.39, 0.29) is 0 Å². The summed E-state index contributed by atoms with van der Waals surface area (Å²) >= 11 is 0. The van der Waals surface area contributed by atoms with E-state index in [9.17, 15) is 0 Å². The Morgan fingerprint density at radius 3 is 2.44 bits per heavy atom. The third kappa shape index (κ3) is 5.84. The molecular weight excluding hydrogens is 110 g/mol. The van der Waals surface area contributed by atoms with Crippen molar-refractivity contribution in [3.8, 4) is 0 Å². The van der Waals surface area contributed by atoms with E-state index in [1.807, 2.05) is 7.05 Å². The Kier molecular flexibility index (Phi) is 6.06. The van der Waals surface area contributed by atoms with Crippen LogP contribution in [0.5, 0.6) is 0 Å². The van der Waals surface area contributed by atoms with E-state index in [4.69, 9.17) is 0 Å². The van der Waals surface area contributed by atoms with Crippen molar-refractivity contribution < 1.29 is 0 Å². The van der Waals surface area contributed by atoms with E-state index < -0.39 is 0 Å². The molecule has 0 radical (unpaired) electrons. The van der Waals surface area contributed by atoms with Crippen molar-refractivity contribution in [2.24, 2.45) is 0 Å². The van der Waals surface area contributed by atoms with Crippen molar-refractivity contribution in [3.63, 3.8) is 0 Å². The maximum absolute atomic E-state index is 3.22. The molecular formula is C8H19N. The summed E-state index contributed by atoms with van der Waals surface area (Å²) < 4.78 is 0. The Labute approximate surface area is 58.8 Å². The quantitative estimate of drug-likeness (QED) is 0.561. The Morgan fingerprint density at radius 2 is 2.00 bits per heavy atom. The van der Waals surface area contributed by atoms with Crippen molar-refractivity contribution in [3.05, 3.63) is 0 Å². The van der Waals surface area contributed by atoms with Gasteiger partial charge in [-0.1, -0.05) is 26.2 Å². The number of rotatable bonds is 5. The molecule has 0 aliphatic rings. The van der Waals surface area contributed by atoms with Crippen LogP contribution in [0.15, 0.2) is 0 Å². The average molecular weight is 129 g/mol. The maximum Gasteiger partial charge on any atom is 0.00357 e. The average Bonchev–Trinajstić information content (AvgIpc) is 1.89. The summed E-state index contributed by atoms with van der Waals surface area (Å²) in [6, 6.07) is 0.705. The van der Waals surface area contributed by atoms with Crippen LogP contribution in [0, 0.1) is 0 Å². The molecule has 1 heteroatoms. The summed E-state index contributed by atoms with van der Waals surface area (Å²) in [6.45, 7) is 4.47. The summed E-state index contributed by atoms with van der Waals surface area (Å²) in [5.41, 5.74) is 0. The van der Waals surface area contributed by atoms with Gasteiger partial charge in [0.25, 0.3) is 0 Å². The molecule has 9 heavy (non-hydrogen) atoms.